The SMILES string of the molecule is COc1cc(/C=C(\C#N)C(=O)Nc2ccc(Cl)c(Cl)c2)cc(Br)c1OCC(=O)O. The van der Waals surface area contributed by atoms with Gasteiger partial charge in [0.25, 0.3) is 5.91 Å². The third-order valence-corrected chi connectivity index (χ3v) is 4.77. The maximum Gasteiger partial charge on any atom is 0.341 e. The van der Waals surface area contributed by atoms with Gasteiger partial charge in [0.1, 0.15) is 11.6 Å². The predicted molar refractivity (Wildman–Crippen MR) is 113 cm³/mol. The van der Waals surface area contributed by atoms with E-state index in [-0.39, 0.29) is 22.1 Å². The van der Waals surface area contributed by atoms with Crippen LogP contribution in [0.5, 0.6) is 11.5 Å². The minimum atomic E-state index is -1.14. The molecule has 0 fully saturated rings. The molecule has 0 aromatic heterocycles. The Hall–Kier alpha value is -2.73. The molecular weight excluding hydrogens is 487 g/mol. The normalized spacial score (nSPS) is 10.8. The Balaban J connectivity index is 2.30. The number of amides is 1. The highest BCUT2D eigenvalue weighted by Crippen LogP contribution is 2.37. The van der Waals surface area contributed by atoms with Crippen LogP contribution in [0.15, 0.2) is 40.4 Å². The molecule has 0 aliphatic rings. The van der Waals surface area contributed by atoms with Gasteiger partial charge in [-0.3, -0.25) is 4.79 Å². The van der Waals surface area contributed by atoms with Crippen molar-refractivity contribution in [2.75, 3.05) is 19.0 Å². The highest BCUT2D eigenvalue weighted by atomic mass is 79.9. The second-order valence-electron chi connectivity index (χ2n) is 5.47. The van der Waals surface area contributed by atoms with Gasteiger partial charge in [0, 0.05) is 5.69 Å². The average molecular weight is 500 g/mol. The van der Waals surface area contributed by atoms with Gasteiger partial charge in [-0.2, -0.15) is 5.26 Å². The van der Waals surface area contributed by atoms with Gasteiger partial charge in [0.15, 0.2) is 18.1 Å². The molecule has 0 unspecified atom stereocenters. The van der Waals surface area contributed by atoms with Crippen LogP contribution in [0.25, 0.3) is 6.08 Å². The Kier molecular flexibility index (Phi) is 7.91. The zero-order chi connectivity index (χ0) is 21.6. The van der Waals surface area contributed by atoms with E-state index >= 15 is 0 Å². The Labute approximate surface area is 184 Å². The van der Waals surface area contributed by atoms with E-state index in [2.05, 4.69) is 21.2 Å². The van der Waals surface area contributed by atoms with E-state index in [1.165, 1.54) is 31.4 Å². The Morgan fingerprint density at radius 2 is 2.00 bits per heavy atom. The first-order chi connectivity index (χ1) is 13.7. The van der Waals surface area contributed by atoms with E-state index in [1.807, 2.05) is 6.07 Å². The second-order valence-corrected chi connectivity index (χ2v) is 7.14. The lowest BCUT2D eigenvalue weighted by molar-refractivity contribution is -0.139. The van der Waals surface area contributed by atoms with Gasteiger partial charge < -0.3 is 19.9 Å². The molecular formula is C19H13BrCl2N2O5. The fraction of sp³-hybridized carbons (Fsp3) is 0.105. The quantitative estimate of drug-likeness (QED) is 0.419. The van der Waals surface area contributed by atoms with Gasteiger partial charge in [0.05, 0.1) is 21.6 Å². The van der Waals surface area contributed by atoms with E-state index in [0.29, 0.717) is 20.7 Å². The maximum atomic E-state index is 12.4. The van der Waals surface area contributed by atoms with Gasteiger partial charge in [-0.25, -0.2) is 4.79 Å². The molecule has 0 bridgehead atoms. The molecule has 2 aromatic rings. The van der Waals surface area contributed by atoms with Crippen LogP contribution in [0.1, 0.15) is 5.56 Å². The van der Waals surface area contributed by atoms with Crippen molar-refractivity contribution in [1.82, 2.24) is 0 Å². The summed E-state index contributed by atoms with van der Waals surface area (Å²) in [7, 11) is 1.38. The molecule has 10 heteroatoms. The van der Waals surface area contributed by atoms with Gasteiger partial charge >= 0.3 is 5.97 Å². The van der Waals surface area contributed by atoms with Crippen molar-refractivity contribution in [3.63, 3.8) is 0 Å². The van der Waals surface area contributed by atoms with Crippen LogP contribution in [0.4, 0.5) is 5.69 Å². The molecule has 2 aromatic carbocycles. The molecule has 29 heavy (non-hydrogen) atoms. The standard InChI is InChI=1S/C19H13BrCl2N2O5/c1-28-16-6-10(5-13(20)18(16)29-9-17(25)26)4-11(8-23)19(27)24-12-2-3-14(21)15(22)7-12/h2-7H,9H2,1H3,(H,24,27)(H,25,26)/b11-4+. The van der Waals surface area contributed by atoms with Gasteiger partial charge in [-0.05, 0) is 57.9 Å². The first-order valence-electron chi connectivity index (χ1n) is 7.85. The molecule has 0 saturated heterocycles. The molecule has 0 atom stereocenters. The molecule has 2 N–H and O–H groups in total. The van der Waals surface area contributed by atoms with Gasteiger partial charge in [0.2, 0.25) is 0 Å². The summed E-state index contributed by atoms with van der Waals surface area (Å²) in [6.45, 7) is -0.556. The summed E-state index contributed by atoms with van der Waals surface area (Å²) in [5.41, 5.74) is 0.656. The van der Waals surface area contributed by atoms with E-state index in [9.17, 15) is 14.9 Å². The lowest BCUT2D eigenvalue weighted by Gasteiger charge is -2.12. The molecule has 7 nitrogen and oxygen atoms in total. The highest BCUT2D eigenvalue weighted by Gasteiger charge is 2.15. The van der Waals surface area contributed by atoms with Gasteiger partial charge in [-0.1, -0.05) is 23.2 Å². The molecule has 150 valence electrons. The molecule has 0 heterocycles. The number of benzene rings is 2. The minimum Gasteiger partial charge on any atom is -0.493 e. The third kappa shape index (κ3) is 6.12. The van der Waals surface area contributed by atoms with Crippen molar-refractivity contribution < 1.29 is 24.2 Å². The van der Waals surface area contributed by atoms with Crippen LogP contribution in [0.2, 0.25) is 10.0 Å². The summed E-state index contributed by atoms with van der Waals surface area (Å²) in [5.74, 6) is -1.37. The summed E-state index contributed by atoms with van der Waals surface area (Å²) in [6, 6.07) is 9.43. The Morgan fingerprint density at radius 3 is 2.59 bits per heavy atom. The zero-order valence-electron chi connectivity index (χ0n) is 14.8. The topological polar surface area (TPSA) is 109 Å². The number of carbonyl (C=O) groups excluding carboxylic acids is 1. The summed E-state index contributed by atoms with van der Waals surface area (Å²) in [6.07, 6.45) is 1.35. The first-order valence-corrected chi connectivity index (χ1v) is 9.40. The van der Waals surface area contributed by atoms with Crippen molar-refractivity contribution in [3.05, 3.63) is 56.0 Å². The molecule has 1 amide bonds. The predicted octanol–water partition coefficient (Wildman–Crippen LogP) is 4.77. The summed E-state index contributed by atoms with van der Waals surface area (Å²) in [4.78, 5) is 23.1. The lowest BCUT2D eigenvalue weighted by Crippen LogP contribution is -2.13. The first kappa shape index (κ1) is 22.6. The van der Waals surface area contributed by atoms with Crippen LogP contribution in [0.3, 0.4) is 0 Å². The van der Waals surface area contributed by atoms with Crippen molar-refractivity contribution in [2.45, 2.75) is 0 Å². The van der Waals surface area contributed by atoms with Crippen LogP contribution in [0, 0.1) is 11.3 Å². The molecule has 0 aliphatic heterocycles. The molecule has 0 aliphatic carbocycles. The fourth-order valence-electron chi connectivity index (χ4n) is 2.18. The smallest absolute Gasteiger partial charge is 0.341 e. The van der Waals surface area contributed by atoms with Crippen molar-refractivity contribution in [3.8, 4) is 17.6 Å². The second kappa shape index (κ2) is 10.2. The summed E-state index contributed by atoms with van der Waals surface area (Å²) in [5, 5.41) is 21.3. The average Bonchev–Trinajstić information content (AvgIpc) is 2.67. The fourth-order valence-corrected chi connectivity index (χ4v) is 3.06. The van der Waals surface area contributed by atoms with E-state index in [4.69, 9.17) is 37.8 Å². The monoisotopic (exact) mass is 498 g/mol. The van der Waals surface area contributed by atoms with Crippen LogP contribution in [-0.4, -0.2) is 30.7 Å². The van der Waals surface area contributed by atoms with E-state index in [1.54, 1.807) is 12.1 Å². The number of anilines is 1. The van der Waals surface area contributed by atoms with Crippen molar-refractivity contribution in [1.29, 1.82) is 5.26 Å². The maximum absolute atomic E-state index is 12.4. The van der Waals surface area contributed by atoms with Crippen LogP contribution < -0.4 is 14.8 Å². The third-order valence-electron chi connectivity index (χ3n) is 3.45. The number of methoxy groups -OCH3 is 1. The molecule has 0 radical (unpaired) electrons. The Bertz CT molecular complexity index is 1030. The molecule has 0 spiro atoms. The number of hydrogen-bond acceptors (Lipinski definition) is 5. The van der Waals surface area contributed by atoms with Crippen molar-refractivity contribution in [2.24, 2.45) is 0 Å². The largest absolute Gasteiger partial charge is 0.493 e. The number of aliphatic carboxylic acids is 1. The summed E-state index contributed by atoms with van der Waals surface area (Å²) >= 11 is 15.0. The highest BCUT2D eigenvalue weighted by molar-refractivity contribution is 9.10. The van der Waals surface area contributed by atoms with Crippen LogP contribution >= 0.6 is 39.1 Å². The lowest BCUT2D eigenvalue weighted by atomic mass is 10.1. The van der Waals surface area contributed by atoms with Gasteiger partial charge in [-0.15, -0.1) is 0 Å². The van der Waals surface area contributed by atoms with E-state index < -0.39 is 18.5 Å². The van der Waals surface area contributed by atoms with Crippen molar-refractivity contribution >= 4 is 62.8 Å². The number of nitrogens with zero attached hydrogens (tertiary/aromatic N) is 1. The number of rotatable bonds is 7. The number of hydrogen-bond donors (Lipinski definition) is 2. The number of nitriles is 1. The summed E-state index contributed by atoms with van der Waals surface area (Å²) < 4.78 is 10.8. The van der Waals surface area contributed by atoms with E-state index in [0.717, 1.165) is 0 Å². The number of nitrogens with one attached hydrogen (secondary N) is 1. The molecule has 2 rings (SSSR count). The number of carbonyl (C=O) groups is 2. The number of carboxylic acids is 1. The zero-order valence-corrected chi connectivity index (χ0v) is 17.9. The van der Waals surface area contributed by atoms with Crippen LogP contribution in [-0.2, 0) is 9.59 Å². The number of carboxylic acid groups (broad SMARTS) is 1. The number of ether oxygens (including phenoxy) is 2. The minimum absolute atomic E-state index is 0.177. The Morgan fingerprint density at radius 1 is 1.28 bits per heavy atom. The number of halogens is 3. The molecule has 0 saturated carbocycles.